The molecule has 0 aliphatic carbocycles. The summed E-state index contributed by atoms with van der Waals surface area (Å²) in [5, 5.41) is 5.81. The van der Waals surface area contributed by atoms with E-state index in [0.29, 0.717) is 12.1 Å². The summed E-state index contributed by atoms with van der Waals surface area (Å²) in [5.74, 6) is 0.692. The lowest BCUT2D eigenvalue weighted by molar-refractivity contribution is -0.117. The number of para-hydroxylation sites is 1. The van der Waals surface area contributed by atoms with Crippen molar-refractivity contribution in [2.75, 3.05) is 6.61 Å². The van der Waals surface area contributed by atoms with Crippen LogP contribution < -0.4 is 10.1 Å². The molecule has 0 atom stereocenters. The number of fused-ring (bicyclic) bond motifs is 1. The van der Waals surface area contributed by atoms with Crippen LogP contribution in [-0.4, -0.2) is 17.5 Å². The molecule has 1 aromatic heterocycles. The molecular weight excluding hydrogens is 332 g/mol. The molecule has 0 spiro atoms. The zero-order valence-electron chi connectivity index (χ0n) is 13.4. The smallest absolute Gasteiger partial charge is 0.251 e. The third-order valence-corrected chi connectivity index (χ3v) is 4.79. The Labute approximate surface area is 149 Å². The second-order valence-electron chi connectivity index (χ2n) is 5.67. The molecule has 124 valence electrons. The molecule has 2 heterocycles. The number of carbonyl (C=O) groups is 1. The van der Waals surface area contributed by atoms with E-state index in [4.69, 9.17) is 4.74 Å². The number of aromatic nitrogens is 1. The Balaban J connectivity index is 1.42. The van der Waals surface area contributed by atoms with Gasteiger partial charge in [0.15, 0.2) is 0 Å². The average Bonchev–Trinajstić information content (AvgIpc) is 3.15. The molecule has 0 fully saturated rings. The van der Waals surface area contributed by atoms with Gasteiger partial charge in [0.25, 0.3) is 5.91 Å². The van der Waals surface area contributed by atoms with Crippen LogP contribution in [-0.2, 0) is 11.3 Å². The number of carbonyl (C=O) groups excluding carboxylic acids is 1. The van der Waals surface area contributed by atoms with Crippen molar-refractivity contribution < 1.29 is 9.53 Å². The maximum absolute atomic E-state index is 12.4. The van der Waals surface area contributed by atoms with Crippen molar-refractivity contribution in [3.05, 3.63) is 76.1 Å². The molecule has 1 amide bonds. The number of amides is 1. The van der Waals surface area contributed by atoms with E-state index in [-0.39, 0.29) is 12.5 Å². The van der Waals surface area contributed by atoms with Gasteiger partial charge >= 0.3 is 0 Å². The normalized spacial score (nSPS) is 12.7. The molecule has 5 heteroatoms. The molecule has 1 aliphatic heterocycles. The third-order valence-electron chi connectivity index (χ3n) is 3.95. The predicted molar refractivity (Wildman–Crippen MR) is 99.3 cm³/mol. The summed E-state index contributed by atoms with van der Waals surface area (Å²) in [6.45, 7) is 0.700. The van der Waals surface area contributed by atoms with Gasteiger partial charge in [-0.1, -0.05) is 48.5 Å². The van der Waals surface area contributed by atoms with E-state index in [2.05, 4.69) is 10.3 Å². The van der Waals surface area contributed by atoms with Crippen molar-refractivity contribution in [2.24, 2.45) is 0 Å². The van der Waals surface area contributed by atoms with Crippen molar-refractivity contribution >= 4 is 23.3 Å². The van der Waals surface area contributed by atoms with E-state index in [0.717, 1.165) is 27.6 Å². The van der Waals surface area contributed by atoms with Gasteiger partial charge in [-0.05, 0) is 12.1 Å². The first-order valence-electron chi connectivity index (χ1n) is 8.00. The zero-order chi connectivity index (χ0) is 17.1. The van der Waals surface area contributed by atoms with E-state index >= 15 is 0 Å². The number of hydrogen-bond acceptors (Lipinski definition) is 4. The van der Waals surface area contributed by atoms with Crippen LogP contribution in [0.25, 0.3) is 17.3 Å². The first kappa shape index (κ1) is 15.6. The fourth-order valence-electron chi connectivity index (χ4n) is 2.65. The fraction of sp³-hybridized carbons (Fsp3) is 0.100. The number of rotatable bonds is 4. The molecule has 0 bridgehead atoms. The Morgan fingerprint density at radius 2 is 1.92 bits per heavy atom. The summed E-state index contributed by atoms with van der Waals surface area (Å²) in [5.41, 5.74) is 3.57. The highest BCUT2D eigenvalue weighted by atomic mass is 32.1. The number of thiazole rings is 1. The fourth-order valence-corrected chi connectivity index (χ4v) is 3.39. The molecule has 3 aromatic rings. The number of nitrogens with zero attached hydrogens (tertiary/aromatic N) is 1. The molecule has 1 N–H and O–H groups in total. The van der Waals surface area contributed by atoms with Crippen LogP contribution in [0.4, 0.5) is 0 Å². The van der Waals surface area contributed by atoms with Gasteiger partial charge in [0.05, 0.1) is 17.8 Å². The highest BCUT2D eigenvalue weighted by Gasteiger charge is 2.17. The summed E-state index contributed by atoms with van der Waals surface area (Å²) in [7, 11) is 0. The Hall–Kier alpha value is -2.92. The van der Waals surface area contributed by atoms with Gasteiger partial charge in [0.1, 0.15) is 17.4 Å². The minimum absolute atomic E-state index is 0.119. The summed E-state index contributed by atoms with van der Waals surface area (Å²) < 4.78 is 5.63. The first-order chi connectivity index (χ1) is 12.3. The van der Waals surface area contributed by atoms with Crippen molar-refractivity contribution in [1.82, 2.24) is 10.3 Å². The summed E-state index contributed by atoms with van der Waals surface area (Å²) in [6.07, 6.45) is 1.88. The van der Waals surface area contributed by atoms with E-state index < -0.39 is 0 Å². The minimum atomic E-state index is -0.119. The topological polar surface area (TPSA) is 51.2 Å². The standard InChI is InChI=1S/C20H16N2O2S/c23-20(16-10-15-8-4-5-9-18(15)24-12-16)21-11-19-22-17(13-25-19)14-6-2-1-3-7-14/h1-10,13H,11-12H2,(H,21,23). The average molecular weight is 348 g/mol. The quantitative estimate of drug-likeness (QED) is 0.778. The Morgan fingerprint density at radius 1 is 1.12 bits per heavy atom. The van der Waals surface area contributed by atoms with E-state index in [1.54, 1.807) is 11.3 Å². The predicted octanol–water partition coefficient (Wildman–Crippen LogP) is 3.90. The lowest BCUT2D eigenvalue weighted by Crippen LogP contribution is -2.28. The van der Waals surface area contributed by atoms with Crippen molar-refractivity contribution in [2.45, 2.75) is 6.54 Å². The first-order valence-corrected chi connectivity index (χ1v) is 8.88. The van der Waals surface area contributed by atoms with Crippen LogP contribution in [0, 0.1) is 0 Å². The molecule has 0 radical (unpaired) electrons. The molecular formula is C20H16N2O2S. The van der Waals surface area contributed by atoms with Crippen molar-refractivity contribution in [1.29, 1.82) is 0 Å². The lowest BCUT2D eigenvalue weighted by atomic mass is 10.1. The van der Waals surface area contributed by atoms with Crippen LogP contribution in [0.3, 0.4) is 0 Å². The van der Waals surface area contributed by atoms with Gasteiger partial charge in [-0.2, -0.15) is 0 Å². The monoisotopic (exact) mass is 348 g/mol. The van der Waals surface area contributed by atoms with E-state index in [1.807, 2.05) is 66.1 Å². The maximum atomic E-state index is 12.4. The van der Waals surface area contributed by atoms with Crippen LogP contribution in [0.5, 0.6) is 5.75 Å². The van der Waals surface area contributed by atoms with Crippen LogP contribution >= 0.6 is 11.3 Å². The molecule has 0 saturated carbocycles. The Morgan fingerprint density at radius 3 is 2.80 bits per heavy atom. The molecule has 0 unspecified atom stereocenters. The molecule has 0 saturated heterocycles. The van der Waals surface area contributed by atoms with Gasteiger partial charge in [-0.25, -0.2) is 4.98 Å². The molecule has 1 aliphatic rings. The molecule has 4 nitrogen and oxygen atoms in total. The van der Waals surface area contributed by atoms with E-state index in [1.165, 1.54) is 0 Å². The Bertz CT molecular complexity index is 932. The third kappa shape index (κ3) is 3.46. The Kier molecular flexibility index (Phi) is 4.31. The SMILES string of the molecule is O=C(NCc1nc(-c2ccccc2)cs1)C1=Cc2ccccc2OC1. The van der Waals surface area contributed by atoms with Gasteiger partial charge in [0, 0.05) is 16.5 Å². The molecule has 2 aromatic carbocycles. The van der Waals surface area contributed by atoms with Crippen LogP contribution in [0.15, 0.2) is 65.6 Å². The number of ether oxygens (including phenoxy) is 1. The number of hydrogen-bond donors (Lipinski definition) is 1. The molecule has 4 rings (SSSR count). The second kappa shape index (κ2) is 6.91. The zero-order valence-corrected chi connectivity index (χ0v) is 14.3. The van der Waals surface area contributed by atoms with Crippen molar-refractivity contribution in [3.8, 4) is 17.0 Å². The summed E-state index contributed by atoms with van der Waals surface area (Å²) in [6, 6.07) is 17.7. The van der Waals surface area contributed by atoms with Gasteiger partial charge in [-0.15, -0.1) is 11.3 Å². The molecule has 25 heavy (non-hydrogen) atoms. The highest BCUT2D eigenvalue weighted by molar-refractivity contribution is 7.09. The largest absolute Gasteiger partial charge is 0.488 e. The van der Waals surface area contributed by atoms with Gasteiger partial charge in [-0.3, -0.25) is 4.79 Å². The summed E-state index contributed by atoms with van der Waals surface area (Å²) >= 11 is 1.55. The summed E-state index contributed by atoms with van der Waals surface area (Å²) in [4.78, 5) is 17.0. The number of benzene rings is 2. The van der Waals surface area contributed by atoms with Gasteiger partial charge in [0.2, 0.25) is 0 Å². The minimum Gasteiger partial charge on any atom is -0.488 e. The van der Waals surface area contributed by atoms with Crippen molar-refractivity contribution in [3.63, 3.8) is 0 Å². The second-order valence-corrected chi connectivity index (χ2v) is 6.61. The van der Waals surface area contributed by atoms with E-state index in [9.17, 15) is 4.79 Å². The van der Waals surface area contributed by atoms with Gasteiger partial charge < -0.3 is 10.1 Å². The van der Waals surface area contributed by atoms with Crippen LogP contribution in [0.2, 0.25) is 0 Å². The van der Waals surface area contributed by atoms with Crippen LogP contribution in [0.1, 0.15) is 10.6 Å². The maximum Gasteiger partial charge on any atom is 0.251 e. The highest BCUT2D eigenvalue weighted by Crippen LogP contribution is 2.26. The lowest BCUT2D eigenvalue weighted by Gasteiger charge is -2.17. The number of nitrogens with one attached hydrogen (secondary N) is 1.